The fraction of sp³-hybridized carbons (Fsp3) is 0.368. The maximum atomic E-state index is 5.38. The number of aryl methyl sites for hydroxylation is 1. The van der Waals surface area contributed by atoms with Gasteiger partial charge in [0.2, 0.25) is 0 Å². The van der Waals surface area contributed by atoms with E-state index in [1.54, 1.807) is 28.9 Å². The van der Waals surface area contributed by atoms with Crippen LogP contribution in [0.5, 0.6) is 0 Å². The third-order valence-electron chi connectivity index (χ3n) is 3.75. The van der Waals surface area contributed by atoms with Gasteiger partial charge < -0.3 is 15.1 Å². The van der Waals surface area contributed by atoms with E-state index in [4.69, 9.17) is 9.41 Å². The standard InChI is InChI=1S/C19H24N4OS2/c1-15-14-23-18(26-15)8-11-22-19(20-9-6-16-4-2-12-24-16)21-10-7-17-5-3-13-25-17/h2-5,12-14H,6-11H2,1H3,(H2,20,21,22). The summed E-state index contributed by atoms with van der Waals surface area (Å²) in [6.45, 7) is 4.46. The predicted octanol–water partition coefficient (Wildman–Crippen LogP) is 3.67. The molecular formula is C19H24N4OS2. The van der Waals surface area contributed by atoms with Crippen LogP contribution >= 0.6 is 22.7 Å². The largest absolute Gasteiger partial charge is 0.469 e. The molecule has 0 spiro atoms. The number of nitrogens with zero attached hydrogens (tertiary/aromatic N) is 2. The van der Waals surface area contributed by atoms with E-state index >= 15 is 0 Å². The zero-order valence-corrected chi connectivity index (χ0v) is 16.5. The van der Waals surface area contributed by atoms with Gasteiger partial charge in [0.25, 0.3) is 0 Å². The van der Waals surface area contributed by atoms with Crippen molar-refractivity contribution in [1.29, 1.82) is 0 Å². The number of nitrogens with one attached hydrogen (secondary N) is 2. The normalized spacial score (nSPS) is 11.7. The van der Waals surface area contributed by atoms with Crippen LogP contribution < -0.4 is 10.6 Å². The Balaban J connectivity index is 1.47. The average molecular weight is 389 g/mol. The van der Waals surface area contributed by atoms with Gasteiger partial charge in [-0.15, -0.1) is 22.7 Å². The van der Waals surface area contributed by atoms with Gasteiger partial charge in [0.1, 0.15) is 5.76 Å². The molecule has 0 aliphatic heterocycles. The molecule has 3 rings (SSSR count). The Hall–Kier alpha value is -2.12. The summed E-state index contributed by atoms with van der Waals surface area (Å²) in [6.07, 6.45) is 6.34. The second kappa shape index (κ2) is 10.1. The summed E-state index contributed by atoms with van der Waals surface area (Å²) in [7, 11) is 0. The number of aromatic nitrogens is 1. The van der Waals surface area contributed by atoms with Crippen LogP contribution in [0, 0.1) is 6.92 Å². The van der Waals surface area contributed by atoms with Crippen molar-refractivity contribution >= 4 is 28.6 Å². The molecule has 0 aliphatic carbocycles. The lowest BCUT2D eigenvalue weighted by Crippen LogP contribution is -2.39. The lowest BCUT2D eigenvalue weighted by Gasteiger charge is -2.12. The van der Waals surface area contributed by atoms with Crippen molar-refractivity contribution in [2.75, 3.05) is 19.6 Å². The number of rotatable bonds is 9. The molecule has 26 heavy (non-hydrogen) atoms. The van der Waals surface area contributed by atoms with E-state index in [0.717, 1.165) is 55.6 Å². The number of thiophene rings is 1. The van der Waals surface area contributed by atoms with Gasteiger partial charge >= 0.3 is 0 Å². The van der Waals surface area contributed by atoms with E-state index in [0.29, 0.717) is 0 Å². The molecule has 0 atom stereocenters. The van der Waals surface area contributed by atoms with E-state index < -0.39 is 0 Å². The monoisotopic (exact) mass is 388 g/mol. The summed E-state index contributed by atoms with van der Waals surface area (Å²) in [6, 6.07) is 8.16. The first kappa shape index (κ1) is 18.7. The van der Waals surface area contributed by atoms with Crippen molar-refractivity contribution in [3.05, 3.63) is 62.6 Å². The van der Waals surface area contributed by atoms with Crippen molar-refractivity contribution in [3.8, 4) is 0 Å². The first-order valence-corrected chi connectivity index (χ1v) is 10.5. The summed E-state index contributed by atoms with van der Waals surface area (Å²) in [5, 5.41) is 10.1. The van der Waals surface area contributed by atoms with E-state index in [1.165, 1.54) is 9.75 Å². The SMILES string of the molecule is Cc1cnc(CCN=C(NCCc2ccco2)NCCc2cccs2)s1. The van der Waals surface area contributed by atoms with Crippen LogP contribution in [0.25, 0.3) is 0 Å². The zero-order valence-electron chi connectivity index (χ0n) is 14.9. The van der Waals surface area contributed by atoms with Crippen molar-refractivity contribution in [2.45, 2.75) is 26.2 Å². The Kier molecular flexibility index (Phi) is 7.27. The fourth-order valence-corrected chi connectivity index (χ4v) is 3.96. The van der Waals surface area contributed by atoms with Crippen LogP contribution in [0.15, 0.2) is 51.5 Å². The average Bonchev–Trinajstić information content (AvgIpc) is 3.38. The van der Waals surface area contributed by atoms with E-state index in [9.17, 15) is 0 Å². The molecule has 7 heteroatoms. The van der Waals surface area contributed by atoms with Gasteiger partial charge in [-0.2, -0.15) is 0 Å². The van der Waals surface area contributed by atoms with Crippen LogP contribution in [0.4, 0.5) is 0 Å². The van der Waals surface area contributed by atoms with E-state index in [1.807, 2.05) is 18.3 Å². The van der Waals surface area contributed by atoms with Crippen LogP contribution in [-0.2, 0) is 19.3 Å². The molecule has 3 aromatic rings. The van der Waals surface area contributed by atoms with Crippen molar-refractivity contribution in [2.24, 2.45) is 4.99 Å². The van der Waals surface area contributed by atoms with Crippen LogP contribution in [-0.4, -0.2) is 30.6 Å². The maximum Gasteiger partial charge on any atom is 0.191 e. The molecule has 0 amide bonds. The minimum absolute atomic E-state index is 0.724. The van der Waals surface area contributed by atoms with E-state index in [-0.39, 0.29) is 0 Å². The molecule has 5 nitrogen and oxygen atoms in total. The van der Waals surface area contributed by atoms with Gasteiger partial charge in [0, 0.05) is 48.4 Å². The molecule has 0 unspecified atom stereocenters. The van der Waals surface area contributed by atoms with Crippen molar-refractivity contribution in [1.82, 2.24) is 15.6 Å². The summed E-state index contributed by atoms with van der Waals surface area (Å²) in [4.78, 5) is 11.7. The number of thiazole rings is 1. The number of aliphatic imine (C=N–C) groups is 1. The molecule has 2 N–H and O–H groups in total. The number of hydrogen-bond acceptors (Lipinski definition) is 5. The Bertz CT molecular complexity index is 736. The topological polar surface area (TPSA) is 62.5 Å². The molecule has 0 saturated heterocycles. The molecular weight excluding hydrogens is 364 g/mol. The van der Waals surface area contributed by atoms with Gasteiger partial charge in [-0.05, 0) is 36.9 Å². The Morgan fingerprint density at radius 2 is 2.04 bits per heavy atom. The Labute approximate surface area is 162 Å². The molecule has 0 aliphatic rings. The number of furan rings is 1. The Morgan fingerprint density at radius 1 is 1.15 bits per heavy atom. The smallest absolute Gasteiger partial charge is 0.191 e. The molecule has 0 radical (unpaired) electrons. The molecule has 0 saturated carbocycles. The molecule has 138 valence electrons. The molecule has 0 fully saturated rings. The second-order valence-electron chi connectivity index (χ2n) is 5.86. The summed E-state index contributed by atoms with van der Waals surface area (Å²) >= 11 is 3.53. The minimum atomic E-state index is 0.724. The second-order valence-corrected chi connectivity index (χ2v) is 8.21. The first-order chi connectivity index (χ1) is 12.8. The highest BCUT2D eigenvalue weighted by molar-refractivity contribution is 7.11. The fourth-order valence-electron chi connectivity index (χ4n) is 2.47. The van der Waals surface area contributed by atoms with E-state index in [2.05, 4.69) is 40.1 Å². The van der Waals surface area contributed by atoms with Crippen LogP contribution in [0.1, 0.15) is 20.5 Å². The first-order valence-electron chi connectivity index (χ1n) is 8.78. The lowest BCUT2D eigenvalue weighted by molar-refractivity contribution is 0.506. The molecule has 3 aromatic heterocycles. The highest BCUT2D eigenvalue weighted by Crippen LogP contribution is 2.11. The van der Waals surface area contributed by atoms with Crippen LogP contribution in [0.2, 0.25) is 0 Å². The lowest BCUT2D eigenvalue weighted by atomic mass is 10.3. The highest BCUT2D eigenvalue weighted by Gasteiger charge is 2.03. The summed E-state index contributed by atoms with van der Waals surface area (Å²) < 4.78 is 5.38. The number of hydrogen-bond donors (Lipinski definition) is 2. The van der Waals surface area contributed by atoms with Gasteiger partial charge in [0.05, 0.1) is 11.3 Å². The van der Waals surface area contributed by atoms with Crippen LogP contribution in [0.3, 0.4) is 0 Å². The Morgan fingerprint density at radius 3 is 2.73 bits per heavy atom. The van der Waals surface area contributed by atoms with Gasteiger partial charge in [0.15, 0.2) is 5.96 Å². The van der Waals surface area contributed by atoms with Crippen molar-refractivity contribution < 1.29 is 4.42 Å². The highest BCUT2D eigenvalue weighted by atomic mass is 32.1. The quantitative estimate of drug-likeness (QED) is 0.434. The minimum Gasteiger partial charge on any atom is -0.469 e. The zero-order chi connectivity index (χ0) is 18.0. The third-order valence-corrected chi connectivity index (χ3v) is 5.66. The summed E-state index contributed by atoms with van der Waals surface area (Å²) in [5.41, 5.74) is 0. The van der Waals surface area contributed by atoms with Gasteiger partial charge in [-0.25, -0.2) is 4.98 Å². The molecule has 3 heterocycles. The third kappa shape index (κ3) is 6.31. The maximum absolute atomic E-state index is 5.38. The predicted molar refractivity (Wildman–Crippen MR) is 109 cm³/mol. The number of guanidine groups is 1. The summed E-state index contributed by atoms with van der Waals surface area (Å²) in [5.74, 6) is 1.83. The molecule has 0 aromatic carbocycles. The van der Waals surface area contributed by atoms with Gasteiger partial charge in [-0.1, -0.05) is 6.07 Å². The van der Waals surface area contributed by atoms with Crippen molar-refractivity contribution in [3.63, 3.8) is 0 Å². The van der Waals surface area contributed by atoms with Gasteiger partial charge in [-0.3, -0.25) is 4.99 Å². The molecule has 0 bridgehead atoms.